The third-order valence-electron chi connectivity index (χ3n) is 5.60. The number of hydrogen-bond donors (Lipinski definition) is 1. The zero-order valence-electron chi connectivity index (χ0n) is 17.1. The Bertz CT molecular complexity index is 1070. The average Bonchev–Trinajstić information content (AvgIpc) is 2.79. The lowest BCUT2D eigenvalue weighted by atomic mass is 10.1. The van der Waals surface area contributed by atoms with E-state index in [4.69, 9.17) is 4.74 Å². The Morgan fingerprint density at radius 3 is 2.60 bits per heavy atom. The molecular formula is C23H26N4O3. The number of rotatable bonds is 6. The predicted molar refractivity (Wildman–Crippen MR) is 118 cm³/mol. The van der Waals surface area contributed by atoms with Crippen LogP contribution in [0.15, 0.2) is 59.7 Å². The van der Waals surface area contributed by atoms with Crippen molar-refractivity contribution in [2.24, 2.45) is 0 Å². The zero-order chi connectivity index (χ0) is 20.9. The van der Waals surface area contributed by atoms with Crippen molar-refractivity contribution in [3.8, 4) is 0 Å². The molecule has 0 aliphatic carbocycles. The molecule has 0 spiro atoms. The number of piperidine rings is 1. The van der Waals surface area contributed by atoms with Gasteiger partial charge in [0, 0.05) is 44.5 Å². The average molecular weight is 406 g/mol. The summed E-state index contributed by atoms with van der Waals surface area (Å²) in [5.74, 6) is -0.135. The van der Waals surface area contributed by atoms with E-state index < -0.39 is 0 Å². The highest BCUT2D eigenvalue weighted by molar-refractivity contribution is 5.90. The van der Waals surface area contributed by atoms with E-state index in [2.05, 4.69) is 15.2 Å². The third kappa shape index (κ3) is 4.52. The maximum atomic E-state index is 12.5. The molecule has 1 amide bonds. The first-order valence-corrected chi connectivity index (χ1v) is 10.3. The molecule has 1 aromatic heterocycles. The number of fused-ring (bicyclic) bond motifs is 1. The number of benzene rings is 2. The van der Waals surface area contributed by atoms with Crippen LogP contribution >= 0.6 is 0 Å². The van der Waals surface area contributed by atoms with E-state index >= 15 is 0 Å². The quantitative estimate of drug-likeness (QED) is 0.681. The molecule has 2 aromatic carbocycles. The number of carbonyl (C=O) groups is 1. The van der Waals surface area contributed by atoms with Gasteiger partial charge in [0.05, 0.1) is 23.3 Å². The standard InChI is InChI=1S/C23H26N4O3/c1-30-19-10-13-26(14-11-19)18-8-6-17(7-9-18)25-22(28)12-15-27-16-24-21-5-3-2-4-20(21)23(27)29/h2-9,16,19H,10-15H2,1H3,(H,25,28). The number of nitrogens with one attached hydrogen (secondary N) is 1. The summed E-state index contributed by atoms with van der Waals surface area (Å²) < 4.78 is 6.90. The summed E-state index contributed by atoms with van der Waals surface area (Å²) in [4.78, 5) is 31.5. The highest BCUT2D eigenvalue weighted by Gasteiger charge is 2.18. The van der Waals surface area contributed by atoms with Crippen molar-refractivity contribution in [1.82, 2.24) is 9.55 Å². The summed E-state index contributed by atoms with van der Waals surface area (Å²) >= 11 is 0. The fraction of sp³-hybridized carbons (Fsp3) is 0.348. The molecule has 0 unspecified atom stereocenters. The molecule has 0 radical (unpaired) electrons. The molecule has 1 aliphatic rings. The van der Waals surface area contributed by atoms with Crippen LogP contribution < -0.4 is 15.8 Å². The van der Waals surface area contributed by atoms with E-state index in [0.717, 1.165) is 37.3 Å². The lowest BCUT2D eigenvalue weighted by molar-refractivity contribution is -0.116. The van der Waals surface area contributed by atoms with Crippen molar-refractivity contribution in [3.63, 3.8) is 0 Å². The minimum absolute atomic E-state index is 0.130. The summed E-state index contributed by atoms with van der Waals surface area (Å²) in [6, 6.07) is 15.1. The number of aromatic nitrogens is 2. The Kier molecular flexibility index (Phi) is 6.09. The monoisotopic (exact) mass is 406 g/mol. The Labute approximate surface area is 175 Å². The van der Waals surface area contributed by atoms with Gasteiger partial charge in [-0.2, -0.15) is 0 Å². The molecule has 0 atom stereocenters. The molecule has 0 saturated carbocycles. The molecule has 1 fully saturated rings. The van der Waals surface area contributed by atoms with Gasteiger partial charge in [-0.3, -0.25) is 14.2 Å². The third-order valence-corrected chi connectivity index (χ3v) is 5.60. The highest BCUT2D eigenvalue weighted by Crippen LogP contribution is 2.23. The van der Waals surface area contributed by atoms with Crippen molar-refractivity contribution in [2.45, 2.75) is 31.9 Å². The second-order valence-electron chi connectivity index (χ2n) is 7.53. The van der Waals surface area contributed by atoms with Gasteiger partial charge >= 0.3 is 0 Å². The summed E-state index contributed by atoms with van der Waals surface area (Å²) in [5, 5.41) is 3.46. The molecule has 1 aliphatic heterocycles. The van der Waals surface area contributed by atoms with Gasteiger partial charge in [-0.15, -0.1) is 0 Å². The van der Waals surface area contributed by atoms with Crippen LogP contribution in [0.5, 0.6) is 0 Å². The number of ether oxygens (including phenoxy) is 1. The number of anilines is 2. The molecule has 1 saturated heterocycles. The molecule has 156 valence electrons. The Balaban J connectivity index is 1.32. The number of amides is 1. The summed E-state index contributed by atoms with van der Waals surface area (Å²) in [6.45, 7) is 2.23. The maximum Gasteiger partial charge on any atom is 0.261 e. The lowest BCUT2D eigenvalue weighted by Crippen LogP contribution is -2.36. The van der Waals surface area contributed by atoms with Crippen LogP contribution in [0, 0.1) is 0 Å². The minimum atomic E-state index is -0.135. The van der Waals surface area contributed by atoms with Crippen LogP contribution in [-0.4, -0.2) is 41.8 Å². The van der Waals surface area contributed by atoms with Gasteiger partial charge < -0.3 is 15.0 Å². The zero-order valence-corrected chi connectivity index (χ0v) is 17.1. The Morgan fingerprint density at radius 2 is 1.87 bits per heavy atom. The second kappa shape index (κ2) is 9.09. The van der Waals surface area contributed by atoms with Crippen LogP contribution in [0.3, 0.4) is 0 Å². The second-order valence-corrected chi connectivity index (χ2v) is 7.53. The van der Waals surface area contributed by atoms with Crippen LogP contribution in [0.4, 0.5) is 11.4 Å². The minimum Gasteiger partial charge on any atom is -0.381 e. The van der Waals surface area contributed by atoms with Crippen molar-refractivity contribution in [1.29, 1.82) is 0 Å². The smallest absolute Gasteiger partial charge is 0.261 e. The molecule has 4 rings (SSSR count). The molecular weight excluding hydrogens is 380 g/mol. The van der Waals surface area contributed by atoms with Crippen LogP contribution in [-0.2, 0) is 16.1 Å². The highest BCUT2D eigenvalue weighted by atomic mass is 16.5. The lowest BCUT2D eigenvalue weighted by Gasteiger charge is -2.33. The number of carbonyl (C=O) groups excluding carboxylic acids is 1. The fourth-order valence-electron chi connectivity index (χ4n) is 3.82. The number of nitrogens with zero attached hydrogens (tertiary/aromatic N) is 3. The Hall–Kier alpha value is -3.19. The topological polar surface area (TPSA) is 76.5 Å². The maximum absolute atomic E-state index is 12.5. The summed E-state index contributed by atoms with van der Waals surface area (Å²) in [6.07, 6.45) is 4.10. The van der Waals surface area contributed by atoms with E-state index in [-0.39, 0.29) is 24.4 Å². The Morgan fingerprint density at radius 1 is 1.13 bits per heavy atom. The van der Waals surface area contributed by atoms with Gasteiger partial charge in [-0.05, 0) is 49.2 Å². The summed E-state index contributed by atoms with van der Waals surface area (Å²) in [5.41, 5.74) is 2.43. The number of methoxy groups -OCH3 is 1. The molecule has 30 heavy (non-hydrogen) atoms. The van der Waals surface area contributed by atoms with E-state index in [1.807, 2.05) is 36.4 Å². The van der Waals surface area contributed by atoms with Gasteiger partial charge in [0.15, 0.2) is 0 Å². The van der Waals surface area contributed by atoms with Gasteiger partial charge in [0.25, 0.3) is 5.56 Å². The van der Waals surface area contributed by atoms with E-state index in [1.54, 1.807) is 19.2 Å². The van der Waals surface area contributed by atoms with E-state index in [0.29, 0.717) is 17.0 Å². The number of hydrogen-bond acceptors (Lipinski definition) is 5. The molecule has 2 heterocycles. The van der Waals surface area contributed by atoms with Crippen molar-refractivity contribution in [3.05, 3.63) is 65.2 Å². The van der Waals surface area contributed by atoms with Crippen LogP contribution in [0.25, 0.3) is 10.9 Å². The summed E-state index contributed by atoms with van der Waals surface area (Å²) in [7, 11) is 1.77. The van der Waals surface area contributed by atoms with Gasteiger partial charge in [0.2, 0.25) is 5.91 Å². The molecule has 0 bridgehead atoms. The van der Waals surface area contributed by atoms with Crippen molar-refractivity contribution in [2.75, 3.05) is 30.4 Å². The first kappa shape index (κ1) is 20.1. The SMILES string of the molecule is COC1CCN(c2ccc(NC(=O)CCn3cnc4ccccc4c3=O)cc2)CC1. The van der Waals surface area contributed by atoms with Crippen molar-refractivity contribution >= 4 is 28.2 Å². The van der Waals surface area contributed by atoms with E-state index in [1.165, 1.54) is 10.9 Å². The molecule has 1 N–H and O–H groups in total. The molecule has 7 nitrogen and oxygen atoms in total. The normalized spacial score (nSPS) is 14.8. The van der Waals surface area contributed by atoms with Gasteiger partial charge in [0.1, 0.15) is 0 Å². The first-order chi connectivity index (χ1) is 14.6. The van der Waals surface area contributed by atoms with Gasteiger partial charge in [-0.1, -0.05) is 12.1 Å². The van der Waals surface area contributed by atoms with Crippen LogP contribution in [0.2, 0.25) is 0 Å². The fourth-order valence-corrected chi connectivity index (χ4v) is 3.82. The number of para-hydroxylation sites is 1. The number of aryl methyl sites for hydroxylation is 1. The van der Waals surface area contributed by atoms with Crippen LogP contribution in [0.1, 0.15) is 19.3 Å². The molecule has 7 heteroatoms. The largest absolute Gasteiger partial charge is 0.381 e. The predicted octanol–water partition coefficient (Wildman–Crippen LogP) is 3.04. The van der Waals surface area contributed by atoms with Gasteiger partial charge in [-0.25, -0.2) is 4.98 Å². The van der Waals surface area contributed by atoms with E-state index in [9.17, 15) is 9.59 Å². The first-order valence-electron chi connectivity index (χ1n) is 10.3. The molecule has 3 aromatic rings. The van der Waals surface area contributed by atoms with Crippen molar-refractivity contribution < 1.29 is 9.53 Å².